The van der Waals surface area contributed by atoms with E-state index < -0.39 is 0 Å². The molecule has 2 unspecified atom stereocenters. The zero-order valence-corrected chi connectivity index (χ0v) is 11.3. The van der Waals surface area contributed by atoms with Crippen molar-refractivity contribution in [1.29, 1.82) is 0 Å². The molecule has 0 aliphatic heterocycles. The topological polar surface area (TPSA) is 55.6 Å². The molecule has 1 rings (SSSR count). The van der Waals surface area contributed by atoms with E-state index in [1.54, 1.807) is 7.11 Å². The molecule has 1 saturated carbocycles. The van der Waals surface area contributed by atoms with Gasteiger partial charge in [-0.05, 0) is 26.7 Å². The van der Waals surface area contributed by atoms with Gasteiger partial charge in [-0.1, -0.05) is 12.8 Å². The quantitative estimate of drug-likeness (QED) is 0.792. The molecule has 0 aromatic rings. The van der Waals surface area contributed by atoms with Gasteiger partial charge in [-0.25, -0.2) is 0 Å². The summed E-state index contributed by atoms with van der Waals surface area (Å²) in [7, 11) is 1.66. The van der Waals surface area contributed by atoms with Crippen molar-refractivity contribution in [3.8, 4) is 0 Å². The highest BCUT2D eigenvalue weighted by Crippen LogP contribution is 2.25. The maximum absolute atomic E-state index is 12.4. The van der Waals surface area contributed by atoms with Crippen molar-refractivity contribution in [2.45, 2.75) is 51.6 Å². The Morgan fingerprint density at radius 3 is 2.59 bits per heavy atom. The highest BCUT2D eigenvalue weighted by atomic mass is 16.5. The Morgan fingerprint density at radius 1 is 1.41 bits per heavy atom. The van der Waals surface area contributed by atoms with Crippen molar-refractivity contribution in [3.63, 3.8) is 0 Å². The minimum atomic E-state index is 0.0167. The third-order valence-electron chi connectivity index (χ3n) is 3.58. The van der Waals surface area contributed by atoms with Crippen LogP contribution in [0.15, 0.2) is 0 Å². The molecule has 1 aliphatic rings. The monoisotopic (exact) mass is 242 g/mol. The molecule has 1 amide bonds. The summed E-state index contributed by atoms with van der Waals surface area (Å²) in [5.74, 6) is 0.229. The van der Waals surface area contributed by atoms with E-state index in [0.29, 0.717) is 13.2 Å². The minimum absolute atomic E-state index is 0.0167. The molecule has 4 nitrogen and oxygen atoms in total. The number of carbonyl (C=O) groups is 1. The Balaban J connectivity index is 2.62. The standard InChI is InChI=1S/C13H26N2O2/c1-10(2)15(8-9-17-3)13(16)11-6-4-5-7-12(11)14/h10-12H,4-9,14H2,1-3H3. The number of hydrogen-bond acceptors (Lipinski definition) is 3. The van der Waals surface area contributed by atoms with Crippen LogP contribution in [-0.4, -0.2) is 43.2 Å². The summed E-state index contributed by atoms with van der Waals surface area (Å²) in [5.41, 5.74) is 6.07. The Kier molecular flexibility index (Phi) is 5.92. The lowest BCUT2D eigenvalue weighted by molar-refractivity contribution is -0.139. The summed E-state index contributed by atoms with van der Waals surface area (Å²) >= 11 is 0. The number of ether oxygens (including phenoxy) is 1. The van der Waals surface area contributed by atoms with Gasteiger partial charge in [-0.15, -0.1) is 0 Å². The van der Waals surface area contributed by atoms with Gasteiger partial charge in [-0.3, -0.25) is 4.79 Å². The van der Waals surface area contributed by atoms with Crippen LogP contribution in [0, 0.1) is 5.92 Å². The molecular weight excluding hydrogens is 216 g/mol. The number of carbonyl (C=O) groups excluding carboxylic acids is 1. The van der Waals surface area contributed by atoms with E-state index >= 15 is 0 Å². The first-order valence-corrected chi connectivity index (χ1v) is 6.63. The van der Waals surface area contributed by atoms with E-state index in [1.807, 2.05) is 18.7 Å². The van der Waals surface area contributed by atoms with Crippen LogP contribution in [0.1, 0.15) is 39.5 Å². The number of nitrogens with zero attached hydrogens (tertiary/aromatic N) is 1. The largest absolute Gasteiger partial charge is 0.383 e. The van der Waals surface area contributed by atoms with Crippen LogP contribution in [-0.2, 0) is 9.53 Å². The van der Waals surface area contributed by atoms with Crippen LogP contribution in [0.4, 0.5) is 0 Å². The van der Waals surface area contributed by atoms with Crippen LogP contribution in [0.2, 0.25) is 0 Å². The lowest BCUT2D eigenvalue weighted by Crippen LogP contribution is -2.49. The third-order valence-corrected chi connectivity index (χ3v) is 3.58. The van der Waals surface area contributed by atoms with Crippen molar-refractivity contribution in [1.82, 2.24) is 4.90 Å². The number of rotatable bonds is 5. The van der Waals surface area contributed by atoms with E-state index in [4.69, 9.17) is 10.5 Å². The lowest BCUT2D eigenvalue weighted by atomic mass is 9.84. The maximum atomic E-state index is 12.4. The fraction of sp³-hybridized carbons (Fsp3) is 0.923. The predicted molar refractivity (Wildman–Crippen MR) is 68.7 cm³/mol. The van der Waals surface area contributed by atoms with E-state index in [2.05, 4.69) is 0 Å². The van der Waals surface area contributed by atoms with Crippen molar-refractivity contribution in [2.75, 3.05) is 20.3 Å². The number of hydrogen-bond donors (Lipinski definition) is 1. The van der Waals surface area contributed by atoms with Crippen LogP contribution >= 0.6 is 0 Å². The number of nitrogens with two attached hydrogens (primary N) is 1. The summed E-state index contributed by atoms with van der Waals surface area (Å²) in [6.07, 6.45) is 4.20. The fourth-order valence-corrected chi connectivity index (χ4v) is 2.49. The van der Waals surface area contributed by atoms with Crippen LogP contribution in [0.5, 0.6) is 0 Å². The summed E-state index contributed by atoms with van der Waals surface area (Å²) in [6, 6.07) is 0.256. The van der Waals surface area contributed by atoms with Gasteiger partial charge in [0.2, 0.25) is 5.91 Å². The van der Waals surface area contributed by atoms with E-state index in [-0.39, 0.29) is 23.9 Å². The van der Waals surface area contributed by atoms with Gasteiger partial charge >= 0.3 is 0 Å². The van der Waals surface area contributed by atoms with E-state index in [1.165, 1.54) is 0 Å². The average Bonchev–Trinajstić information content (AvgIpc) is 2.29. The van der Waals surface area contributed by atoms with Gasteiger partial charge < -0.3 is 15.4 Å². The second kappa shape index (κ2) is 6.97. The molecule has 17 heavy (non-hydrogen) atoms. The van der Waals surface area contributed by atoms with Gasteiger partial charge in [-0.2, -0.15) is 0 Å². The highest BCUT2D eigenvalue weighted by molar-refractivity contribution is 5.80. The first-order chi connectivity index (χ1) is 8.07. The van der Waals surface area contributed by atoms with E-state index in [0.717, 1.165) is 25.7 Å². The summed E-state index contributed by atoms with van der Waals surface area (Å²) in [5, 5.41) is 0. The third kappa shape index (κ3) is 3.96. The van der Waals surface area contributed by atoms with Crippen LogP contribution in [0.25, 0.3) is 0 Å². The molecule has 2 N–H and O–H groups in total. The van der Waals surface area contributed by atoms with Gasteiger partial charge in [0.05, 0.1) is 12.5 Å². The van der Waals surface area contributed by atoms with Gasteiger partial charge in [0.25, 0.3) is 0 Å². The van der Waals surface area contributed by atoms with Gasteiger partial charge in [0.1, 0.15) is 0 Å². The Bertz CT molecular complexity index is 244. The molecule has 100 valence electrons. The second-order valence-electron chi connectivity index (χ2n) is 5.17. The zero-order valence-electron chi connectivity index (χ0n) is 11.3. The lowest BCUT2D eigenvalue weighted by Gasteiger charge is -2.35. The van der Waals surface area contributed by atoms with Gasteiger partial charge in [0, 0.05) is 25.7 Å². The fourth-order valence-electron chi connectivity index (χ4n) is 2.49. The molecule has 2 atom stereocenters. The van der Waals surface area contributed by atoms with Crippen molar-refractivity contribution < 1.29 is 9.53 Å². The van der Waals surface area contributed by atoms with Crippen molar-refractivity contribution >= 4 is 5.91 Å². The molecule has 4 heteroatoms. The summed E-state index contributed by atoms with van der Waals surface area (Å²) in [6.45, 7) is 5.34. The smallest absolute Gasteiger partial charge is 0.227 e. The number of amides is 1. The molecule has 0 saturated heterocycles. The maximum Gasteiger partial charge on any atom is 0.227 e. The molecule has 0 heterocycles. The minimum Gasteiger partial charge on any atom is -0.383 e. The van der Waals surface area contributed by atoms with Crippen molar-refractivity contribution in [3.05, 3.63) is 0 Å². The second-order valence-corrected chi connectivity index (χ2v) is 5.17. The molecule has 1 fully saturated rings. The predicted octanol–water partition coefficient (Wildman–Crippen LogP) is 1.39. The molecule has 1 aliphatic carbocycles. The Labute approximate surface area is 104 Å². The summed E-state index contributed by atoms with van der Waals surface area (Å²) < 4.78 is 5.06. The van der Waals surface area contributed by atoms with E-state index in [9.17, 15) is 4.79 Å². The Morgan fingerprint density at radius 2 is 2.06 bits per heavy atom. The number of methoxy groups -OCH3 is 1. The molecule has 0 radical (unpaired) electrons. The first-order valence-electron chi connectivity index (χ1n) is 6.63. The average molecular weight is 242 g/mol. The summed E-state index contributed by atoms with van der Waals surface area (Å²) in [4.78, 5) is 14.3. The Hall–Kier alpha value is -0.610. The highest BCUT2D eigenvalue weighted by Gasteiger charge is 2.32. The van der Waals surface area contributed by atoms with Crippen LogP contribution in [0.3, 0.4) is 0 Å². The molecular formula is C13H26N2O2. The zero-order chi connectivity index (χ0) is 12.8. The van der Waals surface area contributed by atoms with Crippen LogP contribution < -0.4 is 5.73 Å². The van der Waals surface area contributed by atoms with Crippen molar-refractivity contribution in [2.24, 2.45) is 11.7 Å². The molecule has 0 bridgehead atoms. The SMILES string of the molecule is COCCN(C(=O)C1CCCCC1N)C(C)C. The first kappa shape index (κ1) is 14.5. The normalized spacial score (nSPS) is 25.0. The molecule has 0 aromatic heterocycles. The molecule has 0 aromatic carbocycles. The molecule has 0 spiro atoms. The van der Waals surface area contributed by atoms with Gasteiger partial charge in [0.15, 0.2) is 0 Å².